The number of carboxylic acids is 1. The topological polar surface area (TPSA) is 57.5 Å². The van der Waals surface area contributed by atoms with E-state index < -0.39 is 11.6 Å². The Bertz CT molecular complexity index is 368. The number of halogens is 2. The van der Waals surface area contributed by atoms with E-state index in [1.54, 1.807) is 18.2 Å². The molecule has 0 saturated carbocycles. The van der Waals surface area contributed by atoms with Crippen molar-refractivity contribution in [1.82, 2.24) is 0 Å². The van der Waals surface area contributed by atoms with Crippen molar-refractivity contribution in [3.8, 4) is 0 Å². The molecular weight excluding hydrogens is 239 g/mol. The molecule has 5 heteroatoms. The predicted molar refractivity (Wildman–Crippen MR) is 58.4 cm³/mol. The Kier molecular flexibility index (Phi) is 3.60. The van der Waals surface area contributed by atoms with E-state index in [2.05, 4.69) is 0 Å². The van der Waals surface area contributed by atoms with Gasteiger partial charge >= 0.3 is 5.97 Å². The Morgan fingerprint density at radius 1 is 1.33 bits per heavy atom. The van der Waals surface area contributed by atoms with Crippen LogP contribution in [-0.2, 0) is 11.2 Å². The molecule has 0 bridgehead atoms. The Balaban J connectivity index is 2.94. The molecule has 0 fully saturated rings. The first-order valence-corrected chi connectivity index (χ1v) is 4.97. The highest BCUT2D eigenvalue weighted by Crippen LogP contribution is 2.22. The number of benzene rings is 1. The van der Waals surface area contributed by atoms with E-state index in [1.807, 2.05) is 0 Å². The fourth-order valence-electron chi connectivity index (χ4n) is 1.19. The van der Waals surface area contributed by atoms with Crippen LogP contribution in [0.15, 0.2) is 18.2 Å². The summed E-state index contributed by atoms with van der Waals surface area (Å²) in [6, 6.07) is 4.69. The van der Waals surface area contributed by atoms with Gasteiger partial charge in [-0.1, -0.05) is 23.2 Å². The lowest BCUT2D eigenvalue weighted by Crippen LogP contribution is -2.37. The molecule has 82 valence electrons. The van der Waals surface area contributed by atoms with E-state index in [1.165, 1.54) is 6.92 Å². The molecule has 0 spiro atoms. The molecule has 1 unspecified atom stereocenters. The molecule has 2 N–H and O–H groups in total. The largest absolute Gasteiger partial charge is 0.479 e. The number of rotatable bonds is 3. The molecular formula is C10H10Cl2O3. The molecule has 0 aromatic heterocycles. The van der Waals surface area contributed by atoms with Crippen LogP contribution in [0.5, 0.6) is 0 Å². The predicted octanol–water partition coefficient (Wildman–Crippen LogP) is 2.37. The molecule has 0 aliphatic heterocycles. The van der Waals surface area contributed by atoms with E-state index in [0.29, 0.717) is 15.6 Å². The summed E-state index contributed by atoms with van der Waals surface area (Å²) >= 11 is 11.5. The van der Waals surface area contributed by atoms with Crippen LogP contribution in [0.1, 0.15) is 12.5 Å². The summed E-state index contributed by atoms with van der Waals surface area (Å²) in [5.41, 5.74) is -1.23. The van der Waals surface area contributed by atoms with Crippen LogP contribution in [0.2, 0.25) is 10.0 Å². The zero-order chi connectivity index (χ0) is 11.6. The Morgan fingerprint density at radius 3 is 2.20 bits per heavy atom. The maximum absolute atomic E-state index is 10.7. The summed E-state index contributed by atoms with van der Waals surface area (Å²) in [6.07, 6.45) is -0.0391. The normalized spacial score (nSPS) is 14.7. The Hall–Kier alpha value is -0.770. The first-order chi connectivity index (χ1) is 6.81. The van der Waals surface area contributed by atoms with Crippen LogP contribution in [0.4, 0.5) is 0 Å². The van der Waals surface area contributed by atoms with Crippen molar-refractivity contribution < 1.29 is 15.0 Å². The van der Waals surface area contributed by atoms with Crippen LogP contribution in [0.25, 0.3) is 0 Å². The standard InChI is InChI=1S/C10H10Cl2O3/c1-10(15,9(13)14)5-6-2-7(11)4-8(12)3-6/h2-4,15H,5H2,1H3,(H,13,14). The molecule has 0 aliphatic carbocycles. The van der Waals surface area contributed by atoms with Gasteiger partial charge in [0.2, 0.25) is 0 Å². The lowest BCUT2D eigenvalue weighted by Gasteiger charge is -2.17. The average Bonchev–Trinajstić information content (AvgIpc) is 1.99. The lowest BCUT2D eigenvalue weighted by molar-refractivity contribution is -0.156. The lowest BCUT2D eigenvalue weighted by atomic mass is 9.97. The first kappa shape index (κ1) is 12.3. The van der Waals surface area contributed by atoms with Gasteiger partial charge in [0.05, 0.1) is 0 Å². The molecule has 1 aromatic carbocycles. The highest BCUT2D eigenvalue weighted by molar-refractivity contribution is 6.34. The molecule has 0 amide bonds. The first-order valence-electron chi connectivity index (χ1n) is 4.22. The highest BCUT2D eigenvalue weighted by atomic mass is 35.5. The smallest absolute Gasteiger partial charge is 0.335 e. The van der Waals surface area contributed by atoms with Gasteiger partial charge in [0.1, 0.15) is 0 Å². The third-order valence-corrected chi connectivity index (χ3v) is 2.37. The maximum atomic E-state index is 10.7. The molecule has 15 heavy (non-hydrogen) atoms. The molecule has 3 nitrogen and oxygen atoms in total. The third kappa shape index (κ3) is 3.38. The van der Waals surface area contributed by atoms with Crippen molar-refractivity contribution in [2.24, 2.45) is 0 Å². The van der Waals surface area contributed by atoms with Crippen molar-refractivity contribution in [1.29, 1.82) is 0 Å². The fraction of sp³-hybridized carbons (Fsp3) is 0.300. The van der Waals surface area contributed by atoms with Crippen LogP contribution in [-0.4, -0.2) is 21.8 Å². The molecule has 0 heterocycles. The quantitative estimate of drug-likeness (QED) is 0.864. The van der Waals surface area contributed by atoms with Crippen LogP contribution in [0.3, 0.4) is 0 Å². The van der Waals surface area contributed by atoms with Crippen molar-refractivity contribution in [3.05, 3.63) is 33.8 Å². The van der Waals surface area contributed by atoms with Crippen LogP contribution < -0.4 is 0 Å². The minimum Gasteiger partial charge on any atom is -0.479 e. The van der Waals surface area contributed by atoms with Crippen LogP contribution in [0, 0.1) is 0 Å². The van der Waals surface area contributed by atoms with Gasteiger partial charge in [-0.25, -0.2) is 4.79 Å². The number of hydrogen-bond donors (Lipinski definition) is 2. The van der Waals surface area contributed by atoms with Gasteiger partial charge in [0.15, 0.2) is 5.60 Å². The van der Waals surface area contributed by atoms with Crippen LogP contribution >= 0.6 is 23.2 Å². The van der Waals surface area contributed by atoms with Gasteiger partial charge in [-0.2, -0.15) is 0 Å². The SMILES string of the molecule is CC(O)(Cc1cc(Cl)cc(Cl)c1)C(=O)O. The van der Waals surface area contributed by atoms with Gasteiger partial charge in [0.25, 0.3) is 0 Å². The van der Waals surface area contributed by atoms with Gasteiger partial charge in [-0.15, -0.1) is 0 Å². The molecule has 0 saturated heterocycles. The highest BCUT2D eigenvalue weighted by Gasteiger charge is 2.30. The van der Waals surface area contributed by atoms with Gasteiger partial charge in [0, 0.05) is 16.5 Å². The molecule has 1 aromatic rings. The second kappa shape index (κ2) is 4.39. The Morgan fingerprint density at radius 2 is 1.80 bits per heavy atom. The van der Waals surface area contributed by atoms with Crippen molar-refractivity contribution in [2.45, 2.75) is 18.9 Å². The molecule has 0 radical (unpaired) electrons. The fourth-order valence-corrected chi connectivity index (χ4v) is 1.76. The number of aliphatic carboxylic acids is 1. The Labute approximate surface area is 97.2 Å². The molecule has 1 rings (SSSR count). The van der Waals surface area contributed by atoms with Gasteiger partial charge < -0.3 is 10.2 Å². The zero-order valence-electron chi connectivity index (χ0n) is 8.00. The van der Waals surface area contributed by atoms with Gasteiger partial charge in [-0.05, 0) is 30.7 Å². The number of carboxylic acid groups (broad SMARTS) is 1. The minimum atomic E-state index is -1.81. The molecule has 1 atom stereocenters. The van der Waals surface area contributed by atoms with E-state index in [0.717, 1.165) is 0 Å². The monoisotopic (exact) mass is 248 g/mol. The second-order valence-corrected chi connectivity index (χ2v) is 4.41. The summed E-state index contributed by atoms with van der Waals surface area (Å²) in [5.74, 6) is -1.28. The summed E-state index contributed by atoms with van der Waals surface area (Å²) in [6.45, 7) is 1.23. The van der Waals surface area contributed by atoms with Gasteiger partial charge in [-0.3, -0.25) is 0 Å². The average molecular weight is 249 g/mol. The van der Waals surface area contributed by atoms with E-state index in [9.17, 15) is 9.90 Å². The third-order valence-electron chi connectivity index (χ3n) is 1.93. The summed E-state index contributed by atoms with van der Waals surface area (Å²) in [7, 11) is 0. The number of carbonyl (C=O) groups is 1. The van der Waals surface area contributed by atoms with Crippen molar-refractivity contribution >= 4 is 29.2 Å². The molecule has 0 aliphatic rings. The summed E-state index contributed by atoms with van der Waals surface area (Å²) in [5, 5.41) is 19.1. The minimum absolute atomic E-state index is 0.0391. The second-order valence-electron chi connectivity index (χ2n) is 3.53. The van der Waals surface area contributed by atoms with Crippen molar-refractivity contribution in [2.75, 3.05) is 0 Å². The van der Waals surface area contributed by atoms with E-state index >= 15 is 0 Å². The zero-order valence-corrected chi connectivity index (χ0v) is 9.51. The van der Waals surface area contributed by atoms with E-state index in [-0.39, 0.29) is 6.42 Å². The maximum Gasteiger partial charge on any atom is 0.335 e. The summed E-state index contributed by atoms with van der Waals surface area (Å²) < 4.78 is 0. The van der Waals surface area contributed by atoms with Crippen molar-refractivity contribution in [3.63, 3.8) is 0 Å². The number of aliphatic hydroxyl groups is 1. The summed E-state index contributed by atoms with van der Waals surface area (Å²) in [4.78, 5) is 10.7. The number of hydrogen-bond acceptors (Lipinski definition) is 2. The van der Waals surface area contributed by atoms with E-state index in [4.69, 9.17) is 28.3 Å².